The van der Waals surface area contributed by atoms with E-state index >= 15 is 0 Å². The minimum Gasteiger partial charge on any atom is -0.477 e. The third-order valence-corrected chi connectivity index (χ3v) is 2.98. The molecule has 0 unspecified atom stereocenters. The predicted octanol–water partition coefficient (Wildman–Crippen LogP) is 1.64. The zero-order valence-electron chi connectivity index (χ0n) is 9.66. The number of carboxylic acids is 1. The summed E-state index contributed by atoms with van der Waals surface area (Å²) in [5, 5.41) is 16.4. The highest BCUT2D eigenvalue weighted by atomic mass is 16.4. The van der Waals surface area contributed by atoms with E-state index in [1.165, 1.54) is 12.8 Å². The molecular formula is C11H17N3O2. The average molecular weight is 223 g/mol. The number of rotatable bonds is 5. The van der Waals surface area contributed by atoms with Gasteiger partial charge in [0.1, 0.15) is 11.4 Å². The van der Waals surface area contributed by atoms with Gasteiger partial charge in [-0.15, -0.1) is 0 Å². The van der Waals surface area contributed by atoms with E-state index in [0.717, 1.165) is 18.9 Å². The number of anilines is 1. The van der Waals surface area contributed by atoms with E-state index in [9.17, 15) is 4.79 Å². The minimum atomic E-state index is -0.917. The molecule has 1 aromatic heterocycles. The summed E-state index contributed by atoms with van der Waals surface area (Å²) in [5.41, 5.74) is 0.849. The monoisotopic (exact) mass is 223 g/mol. The fourth-order valence-electron chi connectivity index (χ4n) is 1.92. The fraction of sp³-hybridized carbons (Fsp3) is 0.636. The maximum Gasteiger partial charge on any atom is 0.341 e. The highest BCUT2D eigenvalue weighted by Crippen LogP contribution is 2.32. The van der Waals surface area contributed by atoms with Crippen molar-refractivity contribution in [2.75, 3.05) is 11.9 Å². The molecular weight excluding hydrogens is 206 g/mol. The predicted molar refractivity (Wildman–Crippen MR) is 60.7 cm³/mol. The number of nitrogens with zero attached hydrogens (tertiary/aromatic N) is 2. The number of aromatic carboxylic acids is 1. The largest absolute Gasteiger partial charge is 0.477 e. The van der Waals surface area contributed by atoms with Crippen molar-refractivity contribution in [1.29, 1.82) is 0 Å². The van der Waals surface area contributed by atoms with Gasteiger partial charge in [-0.25, -0.2) is 4.79 Å². The maximum atomic E-state index is 11.1. The Morgan fingerprint density at radius 3 is 2.88 bits per heavy atom. The van der Waals surface area contributed by atoms with Crippen molar-refractivity contribution in [3.63, 3.8) is 0 Å². The van der Waals surface area contributed by atoms with Gasteiger partial charge in [-0.1, -0.05) is 12.8 Å². The molecule has 0 bridgehead atoms. The Hall–Kier alpha value is -1.52. The van der Waals surface area contributed by atoms with Gasteiger partial charge in [-0.2, -0.15) is 5.10 Å². The highest BCUT2D eigenvalue weighted by molar-refractivity contribution is 5.94. The van der Waals surface area contributed by atoms with Crippen LogP contribution in [-0.2, 0) is 7.05 Å². The summed E-state index contributed by atoms with van der Waals surface area (Å²) in [7, 11) is 1.76. The molecule has 1 saturated carbocycles. The van der Waals surface area contributed by atoms with Gasteiger partial charge in [0.15, 0.2) is 0 Å². The van der Waals surface area contributed by atoms with Crippen LogP contribution in [-0.4, -0.2) is 27.4 Å². The lowest BCUT2D eigenvalue weighted by atomic mass is 10.2. The third kappa shape index (κ3) is 2.18. The number of aromatic nitrogens is 2. The molecule has 88 valence electrons. The summed E-state index contributed by atoms with van der Waals surface area (Å²) < 4.78 is 1.60. The van der Waals surface area contributed by atoms with Gasteiger partial charge in [-0.3, -0.25) is 4.68 Å². The number of carbonyl (C=O) groups is 1. The lowest BCUT2D eigenvalue weighted by molar-refractivity contribution is 0.0697. The first-order valence-corrected chi connectivity index (χ1v) is 5.60. The number of carboxylic acid groups (broad SMARTS) is 1. The molecule has 0 aromatic carbocycles. The summed E-state index contributed by atoms with van der Waals surface area (Å²) >= 11 is 0. The molecule has 16 heavy (non-hydrogen) atoms. The lowest BCUT2D eigenvalue weighted by Crippen LogP contribution is -2.10. The van der Waals surface area contributed by atoms with Crippen LogP contribution in [0.25, 0.3) is 0 Å². The second kappa shape index (κ2) is 4.15. The maximum absolute atomic E-state index is 11.1. The summed E-state index contributed by atoms with van der Waals surface area (Å²) in [5.74, 6) is 0.542. The van der Waals surface area contributed by atoms with Crippen molar-refractivity contribution in [3.05, 3.63) is 11.3 Å². The van der Waals surface area contributed by atoms with E-state index < -0.39 is 5.97 Å². The van der Waals surface area contributed by atoms with Crippen LogP contribution in [0.2, 0.25) is 0 Å². The lowest BCUT2D eigenvalue weighted by Gasteiger charge is -2.07. The minimum absolute atomic E-state index is 0.290. The molecule has 0 atom stereocenters. The summed E-state index contributed by atoms with van der Waals surface area (Å²) in [6.45, 7) is 2.54. The fourth-order valence-corrected chi connectivity index (χ4v) is 1.92. The van der Waals surface area contributed by atoms with E-state index in [0.29, 0.717) is 17.1 Å². The Morgan fingerprint density at radius 2 is 2.31 bits per heavy atom. The SMILES string of the molecule is Cc1nn(C)c(NCCC2CC2)c1C(=O)O. The van der Waals surface area contributed by atoms with Crippen LogP contribution in [0.5, 0.6) is 0 Å². The zero-order chi connectivity index (χ0) is 11.7. The normalized spacial score (nSPS) is 15.1. The highest BCUT2D eigenvalue weighted by Gasteiger charge is 2.22. The smallest absolute Gasteiger partial charge is 0.341 e. The number of nitrogens with one attached hydrogen (secondary N) is 1. The molecule has 1 heterocycles. The van der Waals surface area contributed by atoms with Crippen molar-refractivity contribution >= 4 is 11.8 Å². The van der Waals surface area contributed by atoms with Crippen LogP contribution in [0.3, 0.4) is 0 Å². The number of hydrogen-bond acceptors (Lipinski definition) is 3. The molecule has 0 radical (unpaired) electrons. The molecule has 2 N–H and O–H groups in total. The quantitative estimate of drug-likeness (QED) is 0.796. The van der Waals surface area contributed by atoms with Gasteiger partial charge in [0.25, 0.3) is 0 Å². The summed E-state index contributed by atoms with van der Waals surface area (Å²) in [6, 6.07) is 0. The zero-order valence-corrected chi connectivity index (χ0v) is 9.66. The third-order valence-electron chi connectivity index (χ3n) is 2.98. The van der Waals surface area contributed by atoms with Gasteiger partial charge < -0.3 is 10.4 Å². The first kappa shape index (κ1) is 11.0. The standard InChI is InChI=1S/C11H17N3O2/c1-7-9(11(15)16)10(14(2)13-7)12-6-5-8-3-4-8/h8,12H,3-6H2,1-2H3,(H,15,16). The first-order valence-electron chi connectivity index (χ1n) is 5.60. The van der Waals surface area contributed by atoms with Crippen molar-refractivity contribution in [1.82, 2.24) is 9.78 Å². The molecule has 0 aliphatic heterocycles. The van der Waals surface area contributed by atoms with E-state index in [-0.39, 0.29) is 0 Å². The molecule has 5 heteroatoms. The van der Waals surface area contributed by atoms with Crippen LogP contribution >= 0.6 is 0 Å². The van der Waals surface area contributed by atoms with Gasteiger partial charge in [0, 0.05) is 13.6 Å². The van der Waals surface area contributed by atoms with Crippen LogP contribution in [0.15, 0.2) is 0 Å². The molecule has 0 spiro atoms. The number of hydrogen-bond donors (Lipinski definition) is 2. The average Bonchev–Trinajstić information content (AvgIpc) is 2.94. The Balaban J connectivity index is 2.07. The van der Waals surface area contributed by atoms with E-state index in [2.05, 4.69) is 10.4 Å². The molecule has 1 aliphatic carbocycles. The topological polar surface area (TPSA) is 67.2 Å². The van der Waals surface area contributed by atoms with Crippen LogP contribution in [0, 0.1) is 12.8 Å². The summed E-state index contributed by atoms with van der Waals surface area (Å²) in [6.07, 6.45) is 3.75. The van der Waals surface area contributed by atoms with Crippen molar-refractivity contribution < 1.29 is 9.90 Å². The van der Waals surface area contributed by atoms with Gasteiger partial charge >= 0.3 is 5.97 Å². The van der Waals surface area contributed by atoms with E-state index in [4.69, 9.17) is 5.11 Å². The second-order valence-electron chi connectivity index (χ2n) is 4.40. The van der Waals surface area contributed by atoms with Gasteiger partial charge in [0.05, 0.1) is 5.69 Å². The van der Waals surface area contributed by atoms with Crippen molar-refractivity contribution in [2.45, 2.75) is 26.2 Å². The Kier molecular flexibility index (Phi) is 2.85. The molecule has 0 amide bonds. The first-order chi connectivity index (χ1) is 7.59. The van der Waals surface area contributed by atoms with Gasteiger partial charge in [0.2, 0.25) is 0 Å². The Labute approximate surface area is 94.5 Å². The molecule has 1 aliphatic rings. The molecule has 5 nitrogen and oxygen atoms in total. The van der Waals surface area contributed by atoms with Crippen molar-refractivity contribution in [3.8, 4) is 0 Å². The van der Waals surface area contributed by atoms with Crippen LogP contribution in [0.1, 0.15) is 35.3 Å². The molecule has 0 saturated heterocycles. The Morgan fingerprint density at radius 1 is 1.62 bits per heavy atom. The second-order valence-corrected chi connectivity index (χ2v) is 4.40. The molecule has 2 rings (SSSR count). The number of aryl methyl sites for hydroxylation is 2. The molecule has 1 aromatic rings. The van der Waals surface area contributed by atoms with Crippen LogP contribution in [0.4, 0.5) is 5.82 Å². The van der Waals surface area contributed by atoms with Gasteiger partial charge in [-0.05, 0) is 19.3 Å². The molecule has 1 fully saturated rings. The van der Waals surface area contributed by atoms with Crippen LogP contribution < -0.4 is 5.32 Å². The Bertz CT molecular complexity index is 408. The van der Waals surface area contributed by atoms with E-state index in [1.54, 1.807) is 18.7 Å². The van der Waals surface area contributed by atoms with Crippen molar-refractivity contribution in [2.24, 2.45) is 13.0 Å². The van der Waals surface area contributed by atoms with E-state index in [1.807, 2.05) is 0 Å². The summed E-state index contributed by atoms with van der Waals surface area (Å²) in [4.78, 5) is 11.1.